The Hall–Kier alpha value is -0.850. The van der Waals surface area contributed by atoms with Crippen molar-refractivity contribution in [3.63, 3.8) is 0 Å². The van der Waals surface area contributed by atoms with Gasteiger partial charge in [0.2, 0.25) is 0 Å². The highest BCUT2D eigenvalue weighted by Crippen LogP contribution is 1.78. The summed E-state index contributed by atoms with van der Waals surface area (Å²) >= 11 is 3.08. The number of guanidine groups is 1. The van der Waals surface area contributed by atoms with Crippen LogP contribution in [-0.4, -0.2) is 22.9 Å². The molecular weight excluding hydrogens is 204 g/mol. The smallest absolute Gasteiger partial charge is 0.251 e. The number of hydrazine groups is 1. The molecule has 0 aromatic heterocycles. The number of nitrogens with one attached hydrogen (secondary N) is 1. The summed E-state index contributed by atoms with van der Waals surface area (Å²) < 4.78 is 0. The number of nitrogens with zero attached hydrogens (tertiary/aromatic N) is 2. The molecule has 3 N–H and O–H groups in total. The highest BCUT2D eigenvalue weighted by atomic mass is 79.9. The maximum absolute atomic E-state index is 9.69. The summed E-state index contributed by atoms with van der Waals surface area (Å²) in [5.41, 5.74) is 6.74. The molecule has 0 aromatic rings. The van der Waals surface area contributed by atoms with E-state index in [1.54, 1.807) is 5.43 Å². The number of hydrogen-bond donors (Lipinski definition) is 2. The van der Waals surface area contributed by atoms with Gasteiger partial charge in [-0.2, -0.15) is 0 Å². The minimum absolute atomic E-state index is 0.176. The second-order valence-electron chi connectivity index (χ2n) is 1.32. The van der Waals surface area contributed by atoms with Crippen LogP contribution >= 0.6 is 15.9 Å². The van der Waals surface area contributed by atoms with Crippen LogP contribution in [0.5, 0.6) is 0 Å². The lowest BCUT2D eigenvalue weighted by Crippen LogP contribution is -2.36. The van der Waals surface area contributed by atoms with Crippen LogP contribution in [0.25, 0.3) is 0 Å². The second-order valence-corrected chi connectivity index (χ2v) is 2.12. The minimum Gasteiger partial charge on any atom is -0.365 e. The van der Waals surface area contributed by atoms with Crippen molar-refractivity contribution in [3.8, 4) is 0 Å². The van der Waals surface area contributed by atoms with Crippen molar-refractivity contribution >= 4 is 21.9 Å². The summed E-state index contributed by atoms with van der Waals surface area (Å²) in [7, 11) is 0. The van der Waals surface area contributed by atoms with Gasteiger partial charge < -0.3 is 5.73 Å². The van der Waals surface area contributed by atoms with Gasteiger partial charge >= 0.3 is 0 Å². The highest BCUT2D eigenvalue weighted by molar-refractivity contribution is 9.09. The van der Waals surface area contributed by atoms with Crippen LogP contribution in [0.4, 0.5) is 0 Å². The van der Waals surface area contributed by atoms with Crippen LogP contribution < -0.4 is 11.2 Å². The molecule has 0 fully saturated rings. The molecule has 7 heteroatoms. The van der Waals surface area contributed by atoms with Gasteiger partial charge in [0.05, 0.1) is 6.54 Å². The number of nitro groups is 1. The zero-order valence-corrected chi connectivity index (χ0v) is 6.67. The molecule has 0 saturated heterocycles. The van der Waals surface area contributed by atoms with Gasteiger partial charge in [-0.25, -0.2) is 15.1 Å². The molecule has 0 bridgehead atoms. The Morgan fingerprint density at radius 1 is 1.90 bits per heavy atom. The van der Waals surface area contributed by atoms with Crippen LogP contribution in [0.3, 0.4) is 0 Å². The van der Waals surface area contributed by atoms with Gasteiger partial charge in [-0.3, -0.25) is 0 Å². The molecule has 0 unspecified atom stereocenters. The first-order valence-electron chi connectivity index (χ1n) is 2.43. The molecule has 0 aliphatic rings. The number of nitrogens with two attached hydrogens (primary N) is 1. The molecule has 0 amide bonds. The van der Waals surface area contributed by atoms with E-state index in [2.05, 4.69) is 20.9 Å². The summed E-state index contributed by atoms with van der Waals surface area (Å²) in [6.07, 6.45) is 0. The molecule has 6 nitrogen and oxygen atoms in total. The number of alkyl halides is 1. The summed E-state index contributed by atoms with van der Waals surface area (Å²) in [5.74, 6) is -0.176. The van der Waals surface area contributed by atoms with E-state index in [1.807, 2.05) is 0 Å². The molecule has 0 aliphatic carbocycles. The Morgan fingerprint density at radius 2 is 2.50 bits per heavy atom. The van der Waals surface area contributed by atoms with E-state index in [1.165, 1.54) is 0 Å². The fraction of sp³-hybridized carbons (Fsp3) is 0.667. The second kappa shape index (κ2) is 4.98. The molecule has 0 heterocycles. The first-order chi connectivity index (χ1) is 4.66. The van der Waals surface area contributed by atoms with Gasteiger partial charge in [0.1, 0.15) is 0 Å². The SMILES string of the molecule is NC(=NCCBr)N[N+](=O)[O-]. The normalized spacial score (nSPS) is 11.1. The van der Waals surface area contributed by atoms with E-state index >= 15 is 0 Å². The predicted molar refractivity (Wildman–Crippen MR) is 40.4 cm³/mol. The average Bonchev–Trinajstić information content (AvgIpc) is 1.82. The summed E-state index contributed by atoms with van der Waals surface area (Å²) in [6.45, 7) is 0.423. The third-order valence-electron chi connectivity index (χ3n) is 0.572. The quantitative estimate of drug-likeness (QED) is 0.216. The van der Waals surface area contributed by atoms with Gasteiger partial charge in [0, 0.05) is 5.33 Å². The molecule has 10 heavy (non-hydrogen) atoms. The van der Waals surface area contributed by atoms with Crippen molar-refractivity contribution in [3.05, 3.63) is 10.1 Å². The summed E-state index contributed by atoms with van der Waals surface area (Å²) in [5, 5.41) is 9.57. The molecule has 0 atom stereocenters. The Kier molecular flexibility index (Phi) is 4.55. The number of hydrogen-bond acceptors (Lipinski definition) is 3. The third-order valence-corrected chi connectivity index (χ3v) is 0.927. The lowest BCUT2D eigenvalue weighted by atomic mass is 10.8. The van der Waals surface area contributed by atoms with Crippen molar-refractivity contribution in [2.24, 2.45) is 10.7 Å². The standard InChI is InChI=1S/C3H7BrN4O2/c4-1-2-6-3(5)7-8(9)10/h1-2H2,(H3,5,6,7). The average molecular weight is 211 g/mol. The maximum Gasteiger partial charge on any atom is 0.251 e. The Labute approximate surface area is 65.7 Å². The fourth-order valence-corrected chi connectivity index (χ4v) is 0.469. The predicted octanol–water partition coefficient (Wildman–Crippen LogP) is -0.523. The van der Waals surface area contributed by atoms with Gasteiger partial charge in [0.15, 0.2) is 5.03 Å². The lowest BCUT2D eigenvalue weighted by molar-refractivity contribution is -0.525. The van der Waals surface area contributed by atoms with Crippen LogP contribution in [-0.2, 0) is 0 Å². The van der Waals surface area contributed by atoms with Gasteiger partial charge in [0.25, 0.3) is 5.96 Å². The van der Waals surface area contributed by atoms with Crippen molar-refractivity contribution < 1.29 is 5.03 Å². The Bertz CT molecular complexity index is 147. The van der Waals surface area contributed by atoms with Crippen LogP contribution in [0, 0.1) is 10.1 Å². The van der Waals surface area contributed by atoms with E-state index in [4.69, 9.17) is 5.73 Å². The molecule has 0 saturated carbocycles. The number of aliphatic imine (C=N–C) groups is 1. The van der Waals surface area contributed by atoms with Crippen LogP contribution in [0.15, 0.2) is 4.99 Å². The topological polar surface area (TPSA) is 93.5 Å². The zero-order chi connectivity index (χ0) is 7.98. The Morgan fingerprint density at radius 3 is 2.90 bits per heavy atom. The van der Waals surface area contributed by atoms with Gasteiger partial charge in [-0.15, -0.1) is 0 Å². The van der Waals surface area contributed by atoms with Crippen molar-refractivity contribution in [1.29, 1.82) is 0 Å². The molecule has 0 aliphatic heterocycles. The van der Waals surface area contributed by atoms with Crippen molar-refractivity contribution in [1.82, 2.24) is 5.43 Å². The lowest BCUT2D eigenvalue weighted by Gasteiger charge is -1.93. The summed E-state index contributed by atoms with van der Waals surface area (Å²) in [6, 6.07) is 0. The molecule has 0 rings (SSSR count). The Balaban J connectivity index is 3.59. The highest BCUT2D eigenvalue weighted by Gasteiger charge is 1.95. The van der Waals surface area contributed by atoms with E-state index < -0.39 is 5.03 Å². The van der Waals surface area contributed by atoms with E-state index in [0.717, 1.165) is 0 Å². The van der Waals surface area contributed by atoms with E-state index in [-0.39, 0.29) is 5.96 Å². The van der Waals surface area contributed by atoms with Crippen LogP contribution in [0.1, 0.15) is 0 Å². The molecule has 0 spiro atoms. The van der Waals surface area contributed by atoms with Gasteiger partial charge in [-0.1, -0.05) is 21.4 Å². The number of rotatable bonds is 3. The van der Waals surface area contributed by atoms with Crippen molar-refractivity contribution in [2.45, 2.75) is 0 Å². The molecule has 58 valence electrons. The molecule has 0 radical (unpaired) electrons. The first kappa shape index (κ1) is 9.15. The zero-order valence-electron chi connectivity index (χ0n) is 5.08. The van der Waals surface area contributed by atoms with Crippen LogP contribution in [0.2, 0.25) is 0 Å². The van der Waals surface area contributed by atoms with E-state index in [9.17, 15) is 10.1 Å². The fourth-order valence-electron chi connectivity index (χ4n) is 0.292. The molecular formula is C3H7BrN4O2. The molecule has 0 aromatic carbocycles. The third kappa shape index (κ3) is 5.29. The van der Waals surface area contributed by atoms with Crippen molar-refractivity contribution in [2.75, 3.05) is 11.9 Å². The van der Waals surface area contributed by atoms with Gasteiger partial charge in [-0.05, 0) is 0 Å². The monoisotopic (exact) mass is 210 g/mol. The minimum atomic E-state index is -0.757. The number of halogens is 1. The maximum atomic E-state index is 9.69. The summed E-state index contributed by atoms with van der Waals surface area (Å²) in [4.78, 5) is 13.3. The largest absolute Gasteiger partial charge is 0.365 e. The van der Waals surface area contributed by atoms with E-state index in [0.29, 0.717) is 11.9 Å². The first-order valence-corrected chi connectivity index (χ1v) is 3.56.